The fraction of sp³-hybridized carbons (Fsp3) is 0.478. The molecule has 36 heavy (non-hydrogen) atoms. The van der Waals surface area contributed by atoms with Crippen molar-refractivity contribution in [2.75, 3.05) is 17.8 Å². The normalized spacial score (nSPS) is 15.4. The summed E-state index contributed by atoms with van der Waals surface area (Å²) in [5.41, 5.74) is 7.32. The number of aromatic amines is 1. The molecule has 0 spiro atoms. The van der Waals surface area contributed by atoms with Gasteiger partial charge in [0.15, 0.2) is 0 Å². The lowest BCUT2D eigenvalue weighted by atomic mass is 10.0. The van der Waals surface area contributed by atoms with Crippen molar-refractivity contribution >= 4 is 59.0 Å². The second kappa shape index (κ2) is 14.1. The molecule has 11 nitrogen and oxygen atoms in total. The largest absolute Gasteiger partial charge is 0.480 e. The molecule has 1 heterocycles. The maximum absolute atomic E-state index is 13.2. The SMILES string of the molecule is CSCCC(NC(=O)C(CS)NC(=O)C(Cc1c[nH]c2ccccc12)NC(=O)C(N)C(C)O)C(=O)O. The zero-order valence-electron chi connectivity index (χ0n) is 20.1. The number of aliphatic hydroxyl groups is 1. The first-order valence-corrected chi connectivity index (χ1v) is 13.3. The molecule has 8 N–H and O–H groups in total. The van der Waals surface area contributed by atoms with E-state index < -0.39 is 54.0 Å². The van der Waals surface area contributed by atoms with Crippen LogP contribution in [0.15, 0.2) is 30.5 Å². The molecule has 0 bridgehead atoms. The molecule has 0 saturated carbocycles. The maximum Gasteiger partial charge on any atom is 0.326 e. The number of thioether (sulfide) groups is 1. The first-order valence-electron chi connectivity index (χ1n) is 11.3. The van der Waals surface area contributed by atoms with Crippen LogP contribution in [-0.4, -0.2) is 86.9 Å². The summed E-state index contributed by atoms with van der Waals surface area (Å²) in [6, 6.07) is 2.77. The topological polar surface area (TPSA) is 187 Å². The van der Waals surface area contributed by atoms with Gasteiger partial charge in [-0.1, -0.05) is 18.2 Å². The molecule has 3 amide bonds. The van der Waals surface area contributed by atoms with Crippen molar-refractivity contribution in [3.8, 4) is 0 Å². The van der Waals surface area contributed by atoms with Gasteiger partial charge in [-0.2, -0.15) is 24.4 Å². The Balaban J connectivity index is 2.21. The summed E-state index contributed by atoms with van der Waals surface area (Å²) in [5, 5.41) is 27.5. The van der Waals surface area contributed by atoms with E-state index in [-0.39, 0.29) is 18.6 Å². The fourth-order valence-electron chi connectivity index (χ4n) is 3.45. The van der Waals surface area contributed by atoms with E-state index in [1.54, 1.807) is 6.20 Å². The molecule has 0 radical (unpaired) electrons. The van der Waals surface area contributed by atoms with Crippen LogP contribution in [0, 0.1) is 0 Å². The molecular formula is C23H33N5O6S2. The van der Waals surface area contributed by atoms with Crippen molar-refractivity contribution in [3.63, 3.8) is 0 Å². The van der Waals surface area contributed by atoms with Crippen LogP contribution in [-0.2, 0) is 25.6 Å². The fourth-order valence-corrected chi connectivity index (χ4v) is 4.18. The minimum Gasteiger partial charge on any atom is -0.480 e. The molecule has 5 atom stereocenters. The number of carbonyl (C=O) groups is 4. The Hall–Kier alpha value is -2.74. The second-order valence-corrected chi connectivity index (χ2v) is 9.67. The number of H-pyrrole nitrogens is 1. The van der Waals surface area contributed by atoms with Crippen LogP contribution in [0.1, 0.15) is 18.9 Å². The van der Waals surface area contributed by atoms with Crippen molar-refractivity contribution in [2.24, 2.45) is 5.73 Å². The summed E-state index contributed by atoms with van der Waals surface area (Å²) < 4.78 is 0. The lowest BCUT2D eigenvalue weighted by Gasteiger charge is -2.25. The van der Waals surface area contributed by atoms with Gasteiger partial charge in [0, 0.05) is 29.3 Å². The number of nitrogens with two attached hydrogens (primary N) is 1. The summed E-state index contributed by atoms with van der Waals surface area (Å²) in [4.78, 5) is 53.1. The molecule has 0 aliphatic carbocycles. The minimum atomic E-state index is -1.26. The smallest absolute Gasteiger partial charge is 0.326 e. The zero-order valence-corrected chi connectivity index (χ0v) is 21.8. The third kappa shape index (κ3) is 8.15. The number of aliphatic carboxylic acids is 1. The first-order chi connectivity index (χ1) is 17.1. The summed E-state index contributed by atoms with van der Waals surface area (Å²) >= 11 is 5.58. The number of hydrogen-bond donors (Lipinski definition) is 8. The Morgan fingerprint density at radius 1 is 1.06 bits per heavy atom. The number of benzene rings is 1. The number of carbonyl (C=O) groups excluding carboxylic acids is 3. The minimum absolute atomic E-state index is 0.0699. The van der Waals surface area contributed by atoms with Gasteiger partial charge < -0.3 is 36.9 Å². The van der Waals surface area contributed by atoms with Crippen LogP contribution < -0.4 is 21.7 Å². The lowest BCUT2D eigenvalue weighted by molar-refractivity contribution is -0.142. The Labute approximate surface area is 218 Å². The average Bonchev–Trinajstić information content (AvgIpc) is 3.26. The maximum atomic E-state index is 13.2. The predicted molar refractivity (Wildman–Crippen MR) is 142 cm³/mol. The van der Waals surface area contributed by atoms with Crippen LogP contribution in [0.2, 0.25) is 0 Å². The summed E-state index contributed by atoms with van der Waals surface area (Å²) in [7, 11) is 0. The van der Waals surface area contributed by atoms with E-state index >= 15 is 0 Å². The van der Waals surface area contributed by atoms with E-state index in [0.29, 0.717) is 5.75 Å². The predicted octanol–water partition coefficient (Wildman–Crippen LogP) is -0.360. The summed E-state index contributed by atoms with van der Waals surface area (Å²) in [6.07, 6.45) is 2.68. The molecule has 0 aliphatic rings. The Bertz CT molecular complexity index is 1060. The number of fused-ring (bicyclic) bond motifs is 1. The van der Waals surface area contributed by atoms with E-state index in [4.69, 9.17) is 5.73 Å². The van der Waals surface area contributed by atoms with Crippen molar-refractivity contribution in [2.45, 2.75) is 50.0 Å². The number of rotatable bonds is 14. The monoisotopic (exact) mass is 539 g/mol. The molecule has 13 heteroatoms. The Kier molecular flexibility index (Phi) is 11.6. The summed E-state index contributed by atoms with van der Waals surface area (Å²) in [6.45, 7) is 1.36. The second-order valence-electron chi connectivity index (χ2n) is 8.32. The van der Waals surface area contributed by atoms with Crippen molar-refractivity contribution in [3.05, 3.63) is 36.0 Å². The molecular weight excluding hydrogens is 506 g/mol. The highest BCUT2D eigenvalue weighted by atomic mass is 32.2. The molecule has 1 aromatic carbocycles. The summed E-state index contributed by atoms with van der Waals surface area (Å²) in [5.74, 6) is -2.88. The number of para-hydroxylation sites is 1. The van der Waals surface area contributed by atoms with Crippen LogP contribution in [0.4, 0.5) is 0 Å². The highest BCUT2D eigenvalue weighted by molar-refractivity contribution is 7.98. The zero-order chi connectivity index (χ0) is 26.8. The number of hydrogen-bond acceptors (Lipinski definition) is 8. The third-order valence-electron chi connectivity index (χ3n) is 5.60. The number of carboxylic acid groups (broad SMARTS) is 1. The molecule has 0 aliphatic heterocycles. The number of amides is 3. The molecule has 2 rings (SSSR count). The van der Waals surface area contributed by atoms with Crippen molar-refractivity contribution < 1.29 is 29.4 Å². The van der Waals surface area contributed by atoms with Crippen molar-refractivity contribution in [1.82, 2.24) is 20.9 Å². The van der Waals surface area contributed by atoms with Gasteiger partial charge in [0.25, 0.3) is 0 Å². The Morgan fingerprint density at radius 2 is 1.67 bits per heavy atom. The van der Waals surface area contributed by atoms with Gasteiger partial charge in [0.1, 0.15) is 24.2 Å². The van der Waals surface area contributed by atoms with Crippen LogP contribution in [0.25, 0.3) is 10.9 Å². The molecule has 1 aromatic heterocycles. The van der Waals surface area contributed by atoms with Gasteiger partial charge in [-0.15, -0.1) is 0 Å². The molecule has 0 fully saturated rings. The van der Waals surface area contributed by atoms with E-state index in [2.05, 4.69) is 33.6 Å². The van der Waals surface area contributed by atoms with Gasteiger partial charge in [0.2, 0.25) is 17.7 Å². The van der Waals surface area contributed by atoms with Gasteiger partial charge in [0.05, 0.1) is 6.10 Å². The first kappa shape index (κ1) is 29.5. The van der Waals surface area contributed by atoms with Gasteiger partial charge in [-0.05, 0) is 37.0 Å². The highest BCUT2D eigenvalue weighted by Gasteiger charge is 2.31. The van der Waals surface area contributed by atoms with Gasteiger partial charge >= 0.3 is 5.97 Å². The number of carboxylic acids is 1. The van der Waals surface area contributed by atoms with Crippen LogP contribution >= 0.6 is 24.4 Å². The molecule has 0 saturated heterocycles. The standard InChI is InChI=1S/C23H33N5O6S2/c1-12(29)19(24)22(32)27-17(9-13-10-25-15-6-4-3-5-14(13)15)20(30)28-18(11-35)21(31)26-16(23(33)34)7-8-36-2/h3-6,10,12,16-19,25,29,35H,7-9,11,24H2,1-2H3,(H,26,31)(H,27,32)(H,28,30)(H,33,34). The molecule has 2 aromatic rings. The quantitative estimate of drug-likeness (QED) is 0.150. The van der Waals surface area contributed by atoms with Crippen LogP contribution in [0.5, 0.6) is 0 Å². The van der Waals surface area contributed by atoms with Crippen LogP contribution in [0.3, 0.4) is 0 Å². The van der Waals surface area contributed by atoms with E-state index in [0.717, 1.165) is 16.5 Å². The lowest BCUT2D eigenvalue weighted by Crippen LogP contribution is -2.59. The van der Waals surface area contributed by atoms with E-state index in [9.17, 15) is 29.4 Å². The van der Waals surface area contributed by atoms with Gasteiger partial charge in [-0.25, -0.2) is 4.79 Å². The number of thiol groups is 1. The van der Waals surface area contributed by atoms with E-state index in [1.807, 2.05) is 30.5 Å². The number of aromatic nitrogens is 1. The highest BCUT2D eigenvalue weighted by Crippen LogP contribution is 2.19. The average molecular weight is 540 g/mol. The number of nitrogens with one attached hydrogen (secondary N) is 4. The van der Waals surface area contributed by atoms with Gasteiger partial charge in [-0.3, -0.25) is 14.4 Å². The number of aliphatic hydroxyl groups excluding tert-OH is 1. The molecule has 198 valence electrons. The van der Waals surface area contributed by atoms with Crippen molar-refractivity contribution in [1.29, 1.82) is 0 Å². The third-order valence-corrected chi connectivity index (χ3v) is 6.60. The molecule has 5 unspecified atom stereocenters. The Morgan fingerprint density at radius 3 is 2.28 bits per heavy atom. The van der Waals surface area contributed by atoms with E-state index in [1.165, 1.54) is 18.7 Å².